The molecule has 37 heavy (non-hydrogen) atoms. The van der Waals surface area contributed by atoms with E-state index in [-0.39, 0.29) is 24.0 Å². The van der Waals surface area contributed by atoms with Crippen molar-refractivity contribution < 1.29 is 28.4 Å². The molecule has 3 rings (SSSR count). The van der Waals surface area contributed by atoms with Gasteiger partial charge in [0.1, 0.15) is 11.5 Å². The van der Waals surface area contributed by atoms with Gasteiger partial charge < -0.3 is 28.4 Å². The number of hydrogen-bond donors (Lipinski definition) is 0. The minimum Gasteiger partial charge on any atom is -0.497 e. The quantitative estimate of drug-likeness (QED) is 0.272. The first-order chi connectivity index (χ1) is 17.7. The predicted molar refractivity (Wildman–Crippen MR) is 146 cm³/mol. The van der Waals surface area contributed by atoms with E-state index >= 15 is 0 Å². The molecule has 2 aromatic carbocycles. The van der Waals surface area contributed by atoms with Crippen LogP contribution in [0.25, 0.3) is 0 Å². The van der Waals surface area contributed by atoms with Crippen molar-refractivity contribution in [2.75, 3.05) is 27.4 Å². The molecule has 0 bridgehead atoms. The van der Waals surface area contributed by atoms with Gasteiger partial charge in [0.05, 0.1) is 52.9 Å². The molecule has 1 fully saturated rings. The maximum Gasteiger partial charge on any atom is 0.163 e. The molecule has 6 heteroatoms. The lowest BCUT2D eigenvalue weighted by Gasteiger charge is -2.26. The highest BCUT2D eigenvalue weighted by atomic mass is 16.8. The van der Waals surface area contributed by atoms with Gasteiger partial charge >= 0.3 is 0 Å². The van der Waals surface area contributed by atoms with E-state index in [1.165, 1.54) is 0 Å². The lowest BCUT2D eigenvalue weighted by Crippen LogP contribution is -2.35. The maximum atomic E-state index is 6.34. The van der Waals surface area contributed by atoms with Gasteiger partial charge in [0.15, 0.2) is 5.79 Å². The highest BCUT2D eigenvalue weighted by molar-refractivity contribution is 5.27. The average Bonchev–Trinajstić information content (AvgIpc) is 3.23. The topological polar surface area (TPSA) is 55.4 Å². The highest BCUT2D eigenvalue weighted by Gasteiger charge is 2.45. The Bertz CT molecular complexity index is 953. The summed E-state index contributed by atoms with van der Waals surface area (Å²) in [5.74, 6) is 1.76. The van der Waals surface area contributed by atoms with Gasteiger partial charge in [0.25, 0.3) is 0 Å². The van der Waals surface area contributed by atoms with Crippen LogP contribution in [-0.2, 0) is 32.2 Å². The van der Waals surface area contributed by atoms with Crippen LogP contribution in [0.15, 0.2) is 60.7 Å². The lowest BCUT2D eigenvalue weighted by molar-refractivity contribution is -0.153. The third-order valence-corrected chi connectivity index (χ3v) is 6.60. The summed E-state index contributed by atoms with van der Waals surface area (Å²) in [4.78, 5) is 0. The standard InChI is InChI=1S/C31H44O6/c1-22(18-34-20-25-10-14-27(32-6)15-11-25)8-9-23(2)29-30(37-31(4,5)36-29)24(3)19-35-21-26-12-16-28(33-7)17-13-26/h8-17,22-24,29-30H,18-21H2,1-7H3/b9-8+/t22-,23-,24-,29-,30-/m0/s1. The zero-order valence-electron chi connectivity index (χ0n) is 23.4. The Morgan fingerprint density at radius 2 is 1.22 bits per heavy atom. The molecular weight excluding hydrogens is 468 g/mol. The van der Waals surface area contributed by atoms with Gasteiger partial charge in [-0.05, 0) is 55.2 Å². The molecule has 1 heterocycles. The van der Waals surface area contributed by atoms with E-state index in [1.807, 2.05) is 62.4 Å². The smallest absolute Gasteiger partial charge is 0.163 e. The number of benzene rings is 2. The van der Waals surface area contributed by atoms with E-state index in [9.17, 15) is 0 Å². The van der Waals surface area contributed by atoms with E-state index in [0.29, 0.717) is 32.3 Å². The van der Waals surface area contributed by atoms with Gasteiger partial charge in [0, 0.05) is 11.8 Å². The molecule has 0 spiro atoms. The van der Waals surface area contributed by atoms with Crippen molar-refractivity contribution in [3.05, 3.63) is 71.8 Å². The van der Waals surface area contributed by atoms with Gasteiger partial charge in [-0.2, -0.15) is 0 Å². The molecule has 0 unspecified atom stereocenters. The highest BCUT2D eigenvalue weighted by Crippen LogP contribution is 2.36. The first-order valence-electron chi connectivity index (χ1n) is 13.2. The molecule has 0 radical (unpaired) electrons. The van der Waals surface area contributed by atoms with Crippen LogP contribution in [0.5, 0.6) is 11.5 Å². The third-order valence-electron chi connectivity index (χ3n) is 6.60. The molecule has 2 aromatic rings. The van der Waals surface area contributed by atoms with Crippen LogP contribution in [0.2, 0.25) is 0 Å². The third kappa shape index (κ3) is 9.15. The fraction of sp³-hybridized carbons (Fsp3) is 0.548. The second-order valence-corrected chi connectivity index (χ2v) is 10.5. The fourth-order valence-electron chi connectivity index (χ4n) is 4.46. The molecule has 0 N–H and O–H groups in total. The molecule has 1 saturated heterocycles. The summed E-state index contributed by atoms with van der Waals surface area (Å²) in [5.41, 5.74) is 2.25. The molecule has 0 aliphatic carbocycles. The Labute approximate surface area is 222 Å². The van der Waals surface area contributed by atoms with E-state index < -0.39 is 5.79 Å². The zero-order chi connectivity index (χ0) is 26.8. The Balaban J connectivity index is 1.46. The van der Waals surface area contributed by atoms with E-state index in [1.54, 1.807) is 14.2 Å². The number of hydrogen-bond acceptors (Lipinski definition) is 6. The van der Waals surface area contributed by atoms with Crippen molar-refractivity contribution >= 4 is 0 Å². The maximum absolute atomic E-state index is 6.34. The minimum atomic E-state index is -0.616. The van der Waals surface area contributed by atoms with Crippen LogP contribution in [0.3, 0.4) is 0 Å². The summed E-state index contributed by atoms with van der Waals surface area (Å²) in [6, 6.07) is 15.9. The van der Waals surface area contributed by atoms with Crippen molar-refractivity contribution in [3.8, 4) is 11.5 Å². The van der Waals surface area contributed by atoms with Crippen LogP contribution in [-0.4, -0.2) is 45.4 Å². The summed E-state index contributed by atoms with van der Waals surface area (Å²) in [7, 11) is 3.34. The van der Waals surface area contributed by atoms with Crippen LogP contribution in [0.1, 0.15) is 45.7 Å². The van der Waals surface area contributed by atoms with Gasteiger partial charge in [0.2, 0.25) is 0 Å². The van der Waals surface area contributed by atoms with Gasteiger partial charge in [-0.15, -0.1) is 0 Å². The first kappa shape index (κ1) is 29.2. The largest absolute Gasteiger partial charge is 0.497 e. The SMILES string of the molecule is COc1ccc(COC[C@@H](C)/C=C/[C@H](C)[C@@H]2OC(C)(C)O[C@H]2[C@@H](C)COCc2ccc(OC)cc2)cc1. The lowest BCUT2D eigenvalue weighted by atomic mass is 9.91. The summed E-state index contributed by atoms with van der Waals surface area (Å²) in [6.45, 7) is 12.9. The van der Waals surface area contributed by atoms with Gasteiger partial charge in [-0.1, -0.05) is 57.2 Å². The predicted octanol–water partition coefficient (Wildman–Crippen LogP) is 6.42. The Morgan fingerprint density at radius 1 is 0.730 bits per heavy atom. The molecule has 0 saturated carbocycles. The number of ether oxygens (including phenoxy) is 6. The molecule has 5 atom stereocenters. The van der Waals surface area contributed by atoms with Crippen LogP contribution >= 0.6 is 0 Å². The second-order valence-electron chi connectivity index (χ2n) is 10.5. The molecule has 0 amide bonds. The molecule has 1 aliphatic heterocycles. The van der Waals surface area contributed by atoms with Gasteiger partial charge in [-0.25, -0.2) is 0 Å². The summed E-state index contributed by atoms with van der Waals surface area (Å²) in [5, 5.41) is 0. The van der Waals surface area contributed by atoms with Crippen molar-refractivity contribution in [2.24, 2.45) is 17.8 Å². The van der Waals surface area contributed by atoms with Crippen molar-refractivity contribution in [2.45, 2.75) is 65.8 Å². The molecule has 204 valence electrons. The summed E-state index contributed by atoms with van der Waals surface area (Å²) >= 11 is 0. The van der Waals surface area contributed by atoms with Crippen LogP contribution < -0.4 is 9.47 Å². The Hall–Kier alpha value is -2.38. The van der Waals surface area contributed by atoms with E-state index in [2.05, 4.69) is 32.9 Å². The number of rotatable bonds is 14. The second kappa shape index (κ2) is 14.0. The van der Waals surface area contributed by atoms with Crippen molar-refractivity contribution in [1.82, 2.24) is 0 Å². The monoisotopic (exact) mass is 512 g/mol. The Kier molecular flexibility index (Phi) is 11.0. The molecule has 6 nitrogen and oxygen atoms in total. The summed E-state index contributed by atoms with van der Waals surface area (Å²) < 4.78 is 35.1. The summed E-state index contributed by atoms with van der Waals surface area (Å²) in [6.07, 6.45) is 4.36. The first-order valence-corrected chi connectivity index (χ1v) is 13.2. The molecule has 1 aliphatic rings. The number of methoxy groups -OCH3 is 2. The molecule has 0 aromatic heterocycles. The zero-order valence-corrected chi connectivity index (χ0v) is 23.4. The van der Waals surface area contributed by atoms with Crippen LogP contribution in [0.4, 0.5) is 0 Å². The van der Waals surface area contributed by atoms with Crippen molar-refractivity contribution in [1.29, 1.82) is 0 Å². The van der Waals surface area contributed by atoms with Crippen molar-refractivity contribution in [3.63, 3.8) is 0 Å². The Morgan fingerprint density at radius 3 is 1.73 bits per heavy atom. The van der Waals surface area contributed by atoms with E-state index in [0.717, 1.165) is 22.6 Å². The van der Waals surface area contributed by atoms with Crippen LogP contribution in [0, 0.1) is 17.8 Å². The fourth-order valence-corrected chi connectivity index (χ4v) is 4.46. The normalized spacial score (nSPS) is 21.6. The minimum absolute atomic E-state index is 0.0433. The van der Waals surface area contributed by atoms with E-state index in [4.69, 9.17) is 28.4 Å². The van der Waals surface area contributed by atoms with Gasteiger partial charge in [-0.3, -0.25) is 0 Å². The average molecular weight is 513 g/mol. The molecular formula is C31H44O6.